The van der Waals surface area contributed by atoms with Crippen molar-refractivity contribution in [3.8, 4) is 0 Å². The number of carbonyl (C=O) groups excluding carboxylic acids is 1. The van der Waals surface area contributed by atoms with Gasteiger partial charge < -0.3 is 9.73 Å². The molecular weight excluding hydrogens is 389 g/mol. The number of nitrogens with one attached hydrogen (secondary N) is 1. The molecule has 1 amide bonds. The molecule has 4 heteroatoms. The summed E-state index contributed by atoms with van der Waals surface area (Å²) in [5, 5.41) is 3.06. The zero-order valence-electron chi connectivity index (χ0n) is 11.7. The van der Waals surface area contributed by atoms with Gasteiger partial charge in [-0.15, -0.1) is 0 Å². The summed E-state index contributed by atoms with van der Waals surface area (Å²) < 4.78 is 6.42. The van der Waals surface area contributed by atoms with Crippen molar-refractivity contribution in [2.45, 2.75) is 6.04 Å². The van der Waals surface area contributed by atoms with Gasteiger partial charge in [0.15, 0.2) is 0 Å². The molecule has 1 aromatic heterocycles. The van der Waals surface area contributed by atoms with Crippen LogP contribution in [-0.2, 0) is 0 Å². The maximum Gasteiger partial charge on any atom is 0.253 e. The normalized spacial score (nSPS) is 11.9. The fraction of sp³-hybridized carbons (Fsp3) is 0.0556. The van der Waals surface area contributed by atoms with Gasteiger partial charge in [-0.25, -0.2) is 0 Å². The Balaban J connectivity index is 1.91. The summed E-state index contributed by atoms with van der Waals surface area (Å²) >= 11 is 2.17. The average Bonchev–Trinajstić information content (AvgIpc) is 3.08. The van der Waals surface area contributed by atoms with E-state index in [2.05, 4.69) is 27.9 Å². The van der Waals surface area contributed by atoms with E-state index < -0.39 is 0 Å². The number of halogens is 1. The van der Waals surface area contributed by atoms with E-state index in [0.717, 1.165) is 9.13 Å². The second-order valence-corrected chi connectivity index (χ2v) is 5.97. The maximum atomic E-state index is 12.6. The van der Waals surface area contributed by atoms with E-state index in [4.69, 9.17) is 4.42 Å². The SMILES string of the molecule is O=C(NC(c1ccccc1)c1ccco1)c1ccccc1I. The van der Waals surface area contributed by atoms with E-state index >= 15 is 0 Å². The minimum atomic E-state index is -0.306. The first kappa shape index (κ1) is 14.8. The topological polar surface area (TPSA) is 42.2 Å². The molecule has 1 heterocycles. The lowest BCUT2D eigenvalue weighted by Gasteiger charge is -2.17. The predicted molar refractivity (Wildman–Crippen MR) is 93.6 cm³/mol. The third-order valence-electron chi connectivity index (χ3n) is 3.35. The molecule has 3 rings (SSSR count). The van der Waals surface area contributed by atoms with Crippen molar-refractivity contribution >= 4 is 28.5 Å². The summed E-state index contributed by atoms with van der Waals surface area (Å²) in [5.41, 5.74) is 1.65. The summed E-state index contributed by atoms with van der Waals surface area (Å²) in [4.78, 5) is 12.6. The molecule has 2 aromatic carbocycles. The Hall–Kier alpha value is -2.08. The van der Waals surface area contributed by atoms with Crippen LogP contribution in [0.2, 0.25) is 0 Å². The summed E-state index contributed by atoms with van der Waals surface area (Å²) in [6.07, 6.45) is 1.61. The highest BCUT2D eigenvalue weighted by Gasteiger charge is 2.20. The van der Waals surface area contributed by atoms with E-state index in [1.54, 1.807) is 6.26 Å². The molecule has 110 valence electrons. The first-order valence-electron chi connectivity index (χ1n) is 6.89. The quantitative estimate of drug-likeness (QED) is 0.657. The predicted octanol–water partition coefficient (Wildman–Crippen LogP) is 4.40. The van der Waals surface area contributed by atoms with Crippen LogP contribution in [0.5, 0.6) is 0 Å². The number of hydrogen-bond donors (Lipinski definition) is 1. The van der Waals surface area contributed by atoms with Crippen molar-refractivity contribution < 1.29 is 9.21 Å². The molecule has 0 bridgehead atoms. The summed E-state index contributed by atoms with van der Waals surface area (Å²) in [6.45, 7) is 0. The molecule has 0 aliphatic rings. The zero-order chi connectivity index (χ0) is 15.4. The summed E-state index contributed by atoms with van der Waals surface area (Å²) in [7, 11) is 0. The minimum Gasteiger partial charge on any atom is -0.467 e. The highest BCUT2D eigenvalue weighted by Crippen LogP contribution is 2.23. The van der Waals surface area contributed by atoms with Gasteiger partial charge in [0.05, 0.1) is 11.8 Å². The van der Waals surface area contributed by atoms with Crippen molar-refractivity contribution in [1.82, 2.24) is 5.32 Å². The largest absolute Gasteiger partial charge is 0.467 e. The first-order chi connectivity index (χ1) is 10.8. The van der Waals surface area contributed by atoms with Crippen LogP contribution in [0, 0.1) is 3.57 Å². The molecule has 0 fully saturated rings. The Morgan fingerprint density at radius 3 is 2.36 bits per heavy atom. The number of amides is 1. The number of hydrogen-bond acceptors (Lipinski definition) is 2. The summed E-state index contributed by atoms with van der Waals surface area (Å²) in [6, 6.07) is 20.7. The number of carbonyl (C=O) groups is 1. The zero-order valence-corrected chi connectivity index (χ0v) is 13.9. The van der Waals surface area contributed by atoms with Crippen LogP contribution < -0.4 is 5.32 Å². The molecule has 0 radical (unpaired) electrons. The monoisotopic (exact) mass is 403 g/mol. The van der Waals surface area contributed by atoms with E-state index in [9.17, 15) is 4.79 Å². The van der Waals surface area contributed by atoms with Gasteiger partial charge in [0.1, 0.15) is 11.8 Å². The Morgan fingerprint density at radius 2 is 1.68 bits per heavy atom. The minimum absolute atomic E-state index is 0.116. The molecule has 0 spiro atoms. The van der Waals surface area contributed by atoms with Gasteiger partial charge in [-0.1, -0.05) is 42.5 Å². The third-order valence-corrected chi connectivity index (χ3v) is 4.30. The van der Waals surface area contributed by atoms with Gasteiger partial charge in [-0.05, 0) is 52.4 Å². The van der Waals surface area contributed by atoms with Crippen LogP contribution in [0.15, 0.2) is 77.4 Å². The van der Waals surface area contributed by atoms with Gasteiger partial charge in [-0.3, -0.25) is 4.79 Å². The molecule has 3 aromatic rings. The van der Waals surface area contributed by atoms with Crippen molar-refractivity contribution in [3.05, 3.63) is 93.5 Å². The number of rotatable bonds is 4. The van der Waals surface area contributed by atoms with Crippen LogP contribution >= 0.6 is 22.6 Å². The molecule has 0 saturated heterocycles. The molecule has 0 aliphatic heterocycles. The lowest BCUT2D eigenvalue weighted by molar-refractivity contribution is 0.0938. The highest BCUT2D eigenvalue weighted by atomic mass is 127. The lowest BCUT2D eigenvalue weighted by Crippen LogP contribution is -2.29. The Kier molecular flexibility index (Phi) is 4.58. The second kappa shape index (κ2) is 6.79. The van der Waals surface area contributed by atoms with E-state index in [1.807, 2.05) is 66.7 Å². The standard InChI is InChI=1S/C18H14INO2/c19-15-10-5-4-9-14(15)18(21)20-17(16-11-6-12-22-16)13-7-2-1-3-8-13/h1-12,17H,(H,20,21). The van der Waals surface area contributed by atoms with Gasteiger partial charge in [0, 0.05) is 3.57 Å². The molecule has 0 saturated carbocycles. The number of furan rings is 1. The van der Waals surface area contributed by atoms with Crippen molar-refractivity contribution in [2.24, 2.45) is 0 Å². The molecule has 1 atom stereocenters. The lowest BCUT2D eigenvalue weighted by atomic mass is 10.0. The third kappa shape index (κ3) is 3.22. The van der Waals surface area contributed by atoms with Crippen LogP contribution in [0.4, 0.5) is 0 Å². The molecule has 0 aliphatic carbocycles. The smallest absolute Gasteiger partial charge is 0.253 e. The molecule has 1 unspecified atom stereocenters. The average molecular weight is 403 g/mol. The van der Waals surface area contributed by atoms with Crippen LogP contribution in [0.3, 0.4) is 0 Å². The van der Waals surface area contributed by atoms with Crippen LogP contribution in [0.25, 0.3) is 0 Å². The fourth-order valence-corrected chi connectivity index (χ4v) is 2.91. The van der Waals surface area contributed by atoms with E-state index in [-0.39, 0.29) is 11.9 Å². The van der Waals surface area contributed by atoms with Gasteiger partial charge >= 0.3 is 0 Å². The van der Waals surface area contributed by atoms with E-state index in [0.29, 0.717) is 11.3 Å². The first-order valence-corrected chi connectivity index (χ1v) is 7.97. The second-order valence-electron chi connectivity index (χ2n) is 4.81. The molecule has 3 nitrogen and oxygen atoms in total. The Bertz CT molecular complexity index is 754. The molecular formula is C18H14INO2. The maximum absolute atomic E-state index is 12.6. The Morgan fingerprint density at radius 1 is 0.955 bits per heavy atom. The van der Waals surface area contributed by atoms with Gasteiger partial charge in [0.2, 0.25) is 0 Å². The van der Waals surface area contributed by atoms with Crippen molar-refractivity contribution in [3.63, 3.8) is 0 Å². The Labute approximate surface area is 142 Å². The van der Waals surface area contributed by atoms with Crippen molar-refractivity contribution in [1.29, 1.82) is 0 Å². The van der Waals surface area contributed by atoms with Crippen LogP contribution in [-0.4, -0.2) is 5.91 Å². The molecule has 22 heavy (non-hydrogen) atoms. The summed E-state index contributed by atoms with van der Waals surface area (Å²) in [5.74, 6) is 0.598. The van der Waals surface area contributed by atoms with Gasteiger partial charge in [-0.2, -0.15) is 0 Å². The highest BCUT2D eigenvalue weighted by molar-refractivity contribution is 14.1. The van der Waals surface area contributed by atoms with Gasteiger partial charge in [0.25, 0.3) is 5.91 Å². The van der Waals surface area contributed by atoms with Crippen molar-refractivity contribution in [2.75, 3.05) is 0 Å². The number of benzene rings is 2. The fourth-order valence-electron chi connectivity index (χ4n) is 2.27. The van der Waals surface area contributed by atoms with E-state index in [1.165, 1.54) is 0 Å². The van der Waals surface area contributed by atoms with Crippen LogP contribution in [0.1, 0.15) is 27.7 Å². The molecule has 1 N–H and O–H groups in total.